The Morgan fingerprint density at radius 2 is 1.88 bits per heavy atom. The molecule has 2 aromatic rings. The second kappa shape index (κ2) is 8.68. The maximum atomic E-state index is 11.6. The van der Waals surface area contributed by atoms with Crippen LogP contribution in [0, 0.1) is 0 Å². The summed E-state index contributed by atoms with van der Waals surface area (Å²) in [6.07, 6.45) is -3.33. The number of halogens is 1. The van der Waals surface area contributed by atoms with E-state index in [1.54, 1.807) is 6.07 Å². The Morgan fingerprint density at radius 1 is 1.17 bits per heavy atom. The number of hydrogen-bond acceptors (Lipinski definition) is 5. The number of hydrogen-bond donors (Lipinski definition) is 4. The van der Waals surface area contributed by atoms with Gasteiger partial charge in [0.05, 0.1) is 0 Å². The lowest BCUT2D eigenvalue weighted by molar-refractivity contribution is 0.0171. The number of carbonyl (C=O) groups excluding carboxylic acids is 1. The Bertz CT molecular complexity index is 680. The molecule has 0 saturated heterocycles. The van der Waals surface area contributed by atoms with Gasteiger partial charge < -0.3 is 25.4 Å². The molecule has 7 heteroatoms. The lowest BCUT2D eigenvalue weighted by Crippen LogP contribution is -2.35. The fraction of sp³-hybridized carbons (Fsp3) is 0.235. The third-order valence-electron chi connectivity index (χ3n) is 3.34. The highest BCUT2D eigenvalue weighted by Gasteiger charge is 2.22. The molecule has 6 nitrogen and oxygen atoms in total. The van der Waals surface area contributed by atoms with Crippen molar-refractivity contribution in [3.05, 3.63) is 64.1 Å². The van der Waals surface area contributed by atoms with Crippen LogP contribution >= 0.6 is 15.9 Å². The molecule has 4 N–H and O–H groups in total. The summed E-state index contributed by atoms with van der Waals surface area (Å²) in [4.78, 5) is 11.6. The van der Waals surface area contributed by atoms with Gasteiger partial charge >= 0.3 is 6.09 Å². The van der Waals surface area contributed by atoms with E-state index in [1.165, 1.54) is 12.1 Å². The number of ether oxygens (including phenoxy) is 1. The zero-order valence-corrected chi connectivity index (χ0v) is 14.3. The summed E-state index contributed by atoms with van der Waals surface area (Å²) in [5.74, 6) is -0.150. The SMILES string of the molecule is O=C(NCC(O)C(O)c1ccc(Br)cc1O)OCc1ccccc1. The van der Waals surface area contributed by atoms with Crippen LogP contribution in [-0.4, -0.2) is 34.1 Å². The number of rotatable bonds is 6. The number of amides is 1. The number of aromatic hydroxyl groups is 1. The molecular formula is C17H18BrNO5. The van der Waals surface area contributed by atoms with Crippen molar-refractivity contribution >= 4 is 22.0 Å². The van der Waals surface area contributed by atoms with Crippen molar-refractivity contribution in [2.24, 2.45) is 0 Å². The van der Waals surface area contributed by atoms with Crippen LogP contribution in [0.5, 0.6) is 5.75 Å². The molecule has 24 heavy (non-hydrogen) atoms. The summed E-state index contributed by atoms with van der Waals surface area (Å²) in [6.45, 7) is -0.108. The van der Waals surface area contributed by atoms with E-state index in [1.807, 2.05) is 30.3 Å². The number of alkyl carbamates (subject to hydrolysis) is 1. The van der Waals surface area contributed by atoms with Crippen LogP contribution in [0.4, 0.5) is 4.79 Å². The summed E-state index contributed by atoms with van der Waals surface area (Å²) in [5, 5.41) is 32.2. The molecule has 1 amide bonds. The quantitative estimate of drug-likeness (QED) is 0.602. The number of nitrogens with one attached hydrogen (secondary N) is 1. The summed E-state index contributed by atoms with van der Waals surface area (Å²) in [7, 11) is 0. The molecule has 2 aromatic carbocycles. The third-order valence-corrected chi connectivity index (χ3v) is 3.84. The van der Waals surface area contributed by atoms with Crippen LogP contribution in [-0.2, 0) is 11.3 Å². The maximum absolute atomic E-state index is 11.6. The van der Waals surface area contributed by atoms with Crippen LogP contribution in [0.2, 0.25) is 0 Å². The molecular weight excluding hydrogens is 378 g/mol. The maximum Gasteiger partial charge on any atom is 0.407 e. The topological polar surface area (TPSA) is 99.0 Å². The molecule has 0 aliphatic rings. The molecule has 0 saturated carbocycles. The van der Waals surface area contributed by atoms with Crippen molar-refractivity contribution in [1.29, 1.82) is 0 Å². The van der Waals surface area contributed by atoms with Gasteiger partial charge in [0.2, 0.25) is 0 Å². The Kier molecular flexibility index (Phi) is 6.60. The molecule has 2 atom stereocenters. The van der Waals surface area contributed by atoms with E-state index >= 15 is 0 Å². The van der Waals surface area contributed by atoms with E-state index in [-0.39, 0.29) is 24.5 Å². The second-order valence-corrected chi connectivity index (χ2v) is 6.07. The predicted molar refractivity (Wildman–Crippen MR) is 91.4 cm³/mol. The number of aliphatic hydroxyl groups excluding tert-OH is 2. The normalized spacial score (nSPS) is 13.1. The summed E-state index contributed by atoms with van der Waals surface area (Å²) in [5.41, 5.74) is 1.01. The van der Waals surface area contributed by atoms with Gasteiger partial charge in [0.1, 0.15) is 24.6 Å². The lowest BCUT2D eigenvalue weighted by atomic mass is 10.0. The third kappa shape index (κ3) is 5.23. The first-order valence-electron chi connectivity index (χ1n) is 7.26. The molecule has 0 bridgehead atoms. The lowest BCUT2D eigenvalue weighted by Gasteiger charge is -2.19. The fourth-order valence-electron chi connectivity index (χ4n) is 2.05. The van der Waals surface area contributed by atoms with Crippen LogP contribution in [0.15, 0.2) is 53.0 Å². The minimum atomic E-state index is -1.34. The Hall–Kier alpha value is -2.09. The Balaban J connectivity index is 1.81. The van der Waals surface area contributed by atoms with Gasteiger partial charge in [-0.1, -0.05) is 52.3 Å². The van der Waals surface area contributed by atoms with Gasteiger partial charge in [-0.15, -0.1) is 0 Å². The highest BCUT2D eigenvalue weighted by Crippen LogP contribution is 2.29. The fourth-order valence-corrected chi connectivity index (χ4v) is 2.40. The van der Waals surface area contributed by atoms with Crippen molar-refractivity contribution in [2.75, 3.05) is 6.54 Å². The Morgan fingerprint density at radius 3 is 2.54 bits per heavy atom. The molecule has 0 aliphatic carbocycles. The van der Waals surface area contributed by atoms with Gasteiger partial charge in [0.15, 0.2) is 0 Å². The summed E-state index contributed by atoms with van der Waals surface area (Å²) < 4.78 is 5.65. The van der Waals surface area contributed by atoms with Crippen molar-refractivity contribution in [1.82, 2.24) is 5.32 Å². The van der Waals surface area contributed by atoms with E-state index < -0.39 is 18.3 Å². The highest BCUT2D eigenvalue weighted by atomic mass is 79.9. The van der Waals surface area contributed by atoms with E-state index in [0.29, 0.717) is 4.47 Å². The van der Waals surface area contributed by atoms with Crippen molar-refractivity contribution in [3.8, 4) is 5.75 Å². The number of phenols is 1. The average molecular weight is 396 g/mol. The Labute approximate surface area is 147 Å². The number of aliphatic hydroxyl groups is 2. The van der Waals surface area contributed by atoms with E-state index in [4.69, 9.17) is 4.74 Å². The van der Waals surface area contributed by atoms with Gasteiger partial charge in [-0.05, 0) is 17.7 Å². The molecule has 0 radical (unpaired) electrons. The largest absolute Gasteiger partial charge is 0.508 e. The molecule has 0 aromatic heterocycles. The van der Waals surface area contributed by atoms with E-state index in [0.717, 1.165) is 5.56 Å². The number of carbonyl (C=O) groups is 1. The molecule has 128 valence electrons. The van der Waals surface area contributed by atoms with Crippen molar-refractivity contribution in [3.63, 3.8) is 0 Å². The molecule has 0 fully saturated rings. The summed E-state index contributed by atoms with van der Waals surface area (Å²) >= 11 is 3.19. The smallest absolute Gasteiger partial charge is 0.407 e. The molecule has 0 aliphatic heterocycles. The van der Waals surface area contributed by atoms with Gasteiger partial charge in [-0.3, -0.25) is 0 Å². The minimum absolute atomic E-state index is 0.110. The standard InChI is InChI=1S/C17H18BrNO5/c18-12-6-7-13(14(20)8-12)16(22)15(21)9-19-17(23)24-10-11-4-2-1-3-5-11/h1-8,15-16,20-22H,9-10H2,(H,19,23). The average Bonchev–Trinajstić information content (AvgIpc) is 2.58. The van der Waals surface area contributed by atoms with Gasteiger partial charge in [-0.25, -0.2) is 4.79 Å². The van der Waals surface area contributed by atoms with Gasteiger partial charge in [0, 0.05) is 16.6 Å². The molecule has 2 rings (SSSR count). The number of phenolic OH excluding ortho intramolecular Hbond substituents is 1. The van der Waals surface area contributed by atoms with Crippen LogP contribution < -0.4 is 5.32 Å². The minimum Gasteiger partial charge on any atom is -0.508 e. The summed E-state index contributed by atoms with van der Waals surface area (Å²) in [6, 6.07) is 13.7. The predicted octanol–water partition coefficient (Wildman–Crippen LogP) is 2.48. The first-order valence-corrected chi connectivity index (χ1v) is 8.05. The second-order valence-electron chi connectivity index (χ2n) is 5.16. The molecule has 0 spiro atoms. The zero-order valence-electron chi connectivity index (χ0n) is 12.7. The molecule has 2 unspecified atom stereocenters. The van der Waals surface area contributed by atoms with Crippen molar-refractivity contribution < 1.29 is 24.9 Å². The highest BCUT2D eigenvalue weighted by molar-refractivity contribution is 9.10. The van der Waals surface area contributed by atoms with E-state index in [9.17, 15) is 20.1 Å². The van der Waals surface area contributed by atoms with Gasteiger partial charge in [-0.2, -0.15) is 0 Å². The molecule has 0 heterocycles. The first-order chi connectivity index (χ1) is 11.5. The zero-order chi connectivity index (χ0) is 17.5. The van der Waals surface area contributed by atoms with E-state index in [2.05, 4.69) is 21.2 Å². The van der Waals surface area contributed by atoms with Crippen LogP contribution in [0.25, 0.3) is 0 Å². The van der Waals surface area contributed by atoms with Crippen molar-refractivity contribution in [2.45, 2.75) is 18.8 Å². The van der Waals surface area contributed by atoms with Crippen LogP contribution in [0.1, 0.15) is 17.2 Å². The first kappa shape index (κ1) is 18.3. The van der Waals surface area contributed by atoms with Crippen LogP contribution in [0.3, 0.4) is 0 Å². The number of benzene rings is 2. The van der Waals surface area contributed by atoms with Gasteiger partial charge in [0.25, 0.3) is 0 Å². The monoisotopic (exact) mass is 395 g/mol.